The van der Waals surface area contributed by atoms with Crippen LogP contribution in [0.4, 0.5) is 0 Å². The number of pyridine rings is 1. The van der Waals surface area contributed by atoms with Crippen LogP contribution in [0.1, 0.15) is 41.4 Å². The lowest BCUT2D eigenvalue weighted by atomic mass is 9.96. The molecule has 3 rings (SSSR count). The summed E-state index contributed by atoms with van der Waals surface area (Å²) in [5, 5.41) is 3.41. The molecule has 1 aromatic carbocycles. The molecule has 0 aliphatic carbocycles. The topological polar surface area (TPSA) is 54.5 Å². The van der Waals surface area contributed by atoms with E-state index in [1.54, 1.807) is 6.20 Å². The number of carbonyl (C=O) groups excluding carboxylic acids is 1. The van der Waals surface area contributed by atoms with E-state index in [0.717, 1.165) is 61.6 Å². The molecule has 0 spiro atoms. The number of ether oxygens (including phenoxy) is 1. The summed E-state index contributed by atoms with van der Waals surface area (Å²) in [5.41, 5.74) is 2.69. The number of carbonyl (C=O) groups is 1. The maximum atomic E-state index is 12.8. The zero-order valence-corrected chi connectivity index (χ0v) is 16.3. The monoisotopic (exact) mass is 367 g/mol. The van der Waals surface area contributed by atoms with E-state index in [1.807, 2.05) is 48.2 Å². The van der Waals surface area contributed by atoms with Gasteiger partial charge in [0.25, 0.3) is 5.91 Å². The van der Waals surface area contributed by atoms with E-state index in [2.05, 4.69) is 17.2 Å². The number of benzene rings is 1. The average molecular weight is 367 g/mol. The van der Waals surface area contributed by atoms with Crippen molar-refractivity contribution in [3.05, 3.63) is 59.4 Å². The van der Waals surface area contributed by atoms with Crippen molar-refractivity contribution in [1.29, 1.82) is 0 Å². The van der Waals surface area contributed by atoms with E-state index in [0.29, 0.717) is 12.5 Å². The first kappa shape index (κ1) is 19.4. The van der Waals surface area contributed by atoms with Crippen LogP contribution in [0, 0.1) is 12.8 Å². The highest BCUT2D eigenvalue weighted by Crippen LogP contribution is 2.19. The molecule has 1 aliphatic rings. The summed E-state index contributed by atoms with van der Waals surface area (Å²) in [6, 6.07) is 11.6. The van der Waals surface area contributed by atoms with E-state index in [1.165, 1.54) is 0 Å². The summed E-state index contributed by atoms with van der Waals surface area (Å²) in [4.78, 5) is 19.1. The van der Waals surface area contributed by atoms with Gasteiger partial charge in [0.2, 0.25) is 0 Å². The Balaban J connectivity index is 1.55. The molecule has 1 aliphatic heterocycles. The largest absolute Gasteiger partial charge is 0.487 e. The molecule has 1 saturated heterocycles. The summed E-state index contributed by atoms with van der Waals surface area (Å²) in [6.07, 6.45) is 3.87. The van der Waals surface area contributed by atoms with Crippen molar-refractivity contribution in [2.45, 2.75) is 33.3 Å². The Morgan fingerprint density at radius 3 is 2.78 bits per heavy atom. The van der Waals surface area contributed by atoms with Gasteiger partial charge in [0.05, 0.1) is 6.20 Å². The second kappa shape index (κ2) is 9.51. The fourth-order valence-corrected chi connectivity index (χ4v) is 3.37. The number of aromatic nitrogens is 1. The summed E-state index contributed by atoms with van der Waals surface area (Å²) < 4.78 is 5.78. The summed E-state index contributed by atoms with van der Waals surface area (Å²) in [6.45, 7) is 8.24. The normalized spacial score (nSPS) is 15.0. The lowest BCUT2D eigenvalue weighted by molar-refractivity contribution is 0.0690. The van der Waals surface area contributed by atoms with E-state index < -0.39 is 0 Å². The van der Waals surface area contributed by atoms with Gasteiger partial charge in [-0.3, -0.25) is 9.78 Å². The number of amides is 1. The van der Waals surface area contributed by atoms with Crippen LogP contribution in [0.3, 0.4) is 0 Å². The fourth-order valence-electron chi connectivity index (χ4n) is 3.37. The second-order valence-corrected chi connectivity index (χ2v) is 7.17. The molecule has 2 aromatic rings. The molecule has 1 N–H and O–H groups in total. The predicted octanol–water partition coefficient (Wildman–Crippen LogP) is 3.43. The van der Waals surface area contributed by atoms with Crippen LogP contribution < -0.4 is 10.1 Å². The van der Waals surface area contributed by atoms with E-state index in [4.69, 9.17) is 4.74 Å². The zero-order valence-electron chi connectivity index (χ0n) is 16.3. The van der Waals surface area contributed by atoms with Gasteiger partial charge in [0.15, 0.2) is 0 Å². The van der Waals surface area contributed by atoms with Crippen LogP contribution in [0.5, 0.6) is 5.75 Å². The highest BCUT2D eigenvalue weighted by atomic mass is 16.5. The predicted molar refractivity (Wildman–Crippen MR) is 107 cm³/mol. The quantitative estimate of drug-likeness (QED) is 0.815. The maximum absolute atomic E-state index is 12.8. The summed E-state index contributed by atoms with van der Waals surface area (Å²) in [5.74, 6) is 1.53. The number of likely N-dealkylation sites (tertiary alicyclic amines) is 1. The van der Waals surface area contributed by atoms with Gasteiger partial charge in [-0.2, -0.15) is 0 Å². The van der Waals surface area contributed by atoms with E-state index >= 15 is 0 Å². The summed E-state index contributed by atoms with van der Waals surface area (Å²) in [7, 11) is 0. The SMILES string of the molecule is CCNCC1CCN(C(=O)c2cccc(COc3ccc(C)nc3)c2)CC1. The first-order chi connectivity index (χ1) is 13.2. The molecule has 2 heterocycles. The van der Waals surface area contributed by atoms with Crippen molar-refractivity contribution in [2.24, 2.45) is 5.92 Å². The number of nitrogens with one attached hydrogen (secondary N) is 1. The number of nitrogens with zero attached hydrogens (tertiary/aromatic N) is 2. The smallest absolute Gasteiger partial charge is 0.253 e. The fraction of sp³-hybridized carbons (Fsp3) is 0.455. The third kappa shape index (κ3) is 5.54. The highest BCUT2D eigenvalue weighted by molar-refractivity contribution is 5.94. The zero-order chi connectivity index (χ0) is 19.1. The lowest BCUT2D eigenvalue weighted by Crippen LogP contribution is -2.40. The Labute approximate surface area is 161 Å². The maximum Gasteiger partial charge on any atom is 0.253 e. The van der Waals surface area contributed by atoms with Crippen LogP contribution in [0.25, 0.3) is 0 Å². The molecule has 5 nitrogen and oxygen atoms in total. The molecule has 0 saturated carbocycles. The van der Waals surface area contributed by atoms with Crippen molar-refractivity contribution in [1.82, 2.24) is 15.2 Å². The number of hydrogen-bond acceptors (Lipinski definition) is 4. The Kier molecular flexibility index (Phi) is 6.82. The minimum absolute atomic E-state index is 0.121. The Bertz CT molecular complexity index is 737. The molecular weight excluding hydrogens is 338 g/mol. The number of aryl methyl sites for hydroxylation is 1. The molecule has 5 heteroatoms. The van der Waals surface area contributed by atoms with Gasteiger partial charge in [0.1, 0.15) is 12.4 Å². The van der Waals surface area contributed by atoms with Gasteiger partial charge >= 0.3 is 0 Å². The molecule has 1 aromatic heterocycles. The van der Waals surface area contributed by atoms with Gasteiger partial charge in [-0.1, -0.05) is 19.1 Å². The van der Waals surface area contributed by atoms with E-state index in [9.17, 15) is 4.79 Å². The van der Waals surface area contributed by atoms with Crippen molar-refractivity contribution in [3.63, 3.8) is 0 Å². The average Bonchev–Trinajstić information content (AvgIpc) is 2.72. The van der Waals surface area contributed by atoms with Crippen LogP contribution in [0.2, 0.25) is 0 Å². The van der Waals surface area contributed by atoms with Crippen LogP contribution >= 0.6 is 0 Å². The Hall–Kier alpha value is -2.40. The second-order valence-electron chi connectivity index (χ2n) is 7.17. The van der Waals surface area contributed by atoms with Crippen LogP contribution in [0.15, 0.2) is 42.6 Å². The van der Waals surface area contributed by atoms with Crippen molar-refractivity contribution in [2.75, 3.05) is 26.2 Å². The van der Waals surface area contributed by atoms with Crippen molar-refractivity contribution in [3.8, 4) is 5.75 Å². The first-order valence-electron chi connectivity index (χ1n) is 9.80. The van der Waals surface area contributed by atoms with Crippen LogP contribution in [-0.4, -0.2) is 42.0 Å². The minimum atomic E-state index is 0.121. The van der Waals surface area contributed by atoms with Gasteiger partial charge in [-0.05, 0) is 68.6 Å². The van der Waals surface area contributed by atoms with Gasteiger partial charge in [-0.15, -0.1) is 0 Å². The third-order valence-corrected chi connectivity index (χ3v) is 5.05. The van der Waals surface area contributed by atoms with E-state index in [-0.39, 0.29) is 5.91 Å². The molecule has 0 bridgehead atoms. The highest BCUT2D eigenvalue weighted by Gasteiger charge is 2.23. The lowest BCUT2D eigenvalue weighted by Gasteiger charge is -2.32. The van der Waals surface area contributed by atoms with Gasteiger partial charge < -0.3 is 15.0 Å². The number of rotatable bonds is 7. The molecule has 144 valence electrons. The summed E-state index contributed by atoms with van der Waals surface area (Å²) >= 11 is 0. The molecule has 0 unspecified atom stereocenters. The third-order valence-electron chi connectivity index (χ3n) is 5.05. The van der Waals surface area contributed by atoms with Crippen LogP contribution in [-0.2, 0) is 6.61 Å². The Morgan fingerprint density at radius 1 is 1.26 bits per heavy atom. The van der Waals surface area contributed by atoms with Gasteiger partial charge in [-0.25, -0.2) is 0 Å². The molecular formula is C22H29N3O2. The standard InChI is InChI=1S/C22H29N3O2/c1-3-23-14-18-9-11-25(12-10-18)22(26)20-6-4-5-19(13-20)16-27-21-8-7-17(2)24-15-21/h4-8,13,15,18,23H,3,9-12,14,16H2,1-2H3. The Morgan fingerprint density at radius 2 is 2.07 bits per heavy atom. The molecule has 1 fully saturated rings. The molecule has 0 radical (unpaired) electrons. The molecule has 1 amide bonds. The minimum Gasteiger partial charge on any atom is -0.487 e. The van der Waals surface area contributed by atoms with Crippen molar-refractivity contribution >= 4 is 5.91 Å². The van der Waals surface area contributed by atoms with Crippen molar-refractivity contribution < 1.29 is 9.53 Å². The number of piperidine rings is 1. The number of hydrogen-bond donors (Lipinski definition) is 1. The van der Waals surface area contributed by atoms with Gasteiger partial charge in [0, 0.05) is 24.3 Å². The molecule has 27 heavy (non-hydrogen) atoms. The molecule has 0 atom stereocenters. The first-order valence-corrected chi connectivity index (χ1v) is 9.80.